The van der Waals surface area contributed by atoms with Gasteiger partial charge in [0.2, 0.25) is 0 Å². The van der Waals surface area contributed by atoms with Gasteiger partial charge in [-0.1, -0.05) is 6.92 Å². The Morgan fingerprint density at radius 3 is 2.89 bits per heavy atom. The topological polar surface area (TPSA) is 94.1 Å². The molecule has 100 valence electrons. The van der Waals surface area contributed by atoms with E-state index in [4.69, 9.17) is 5.73 Å². The number of hydrogen-bond acceptors (Lipinski definition) is 6. The van der Waals surface area contributed by atoms with Gasteiger partial charge in [-0.05, 0) is 18.6 Å². The van der Waals surface area contributed by atoms with Gasteiger partial charge in [-0.25, -0.2) is 4.98 Å². The standard InChI is InChI=1S/C12H14N4O2S/c1-2-9-6-15-12(19-9)7-14-8-3-4-11(16(17)18)10(13)5-8/h3-6,14H,2,7,13H2,1H3. The van der Waals surface area contributed by atoms with Crippen molar-refractivity contribution in [3.63, 3.8) is 0 Å². The number of nitrogens with two attached hydrogens (primary N) is 1. The molecule has 0 bridgehead atoms. The van der Waals surface area contributed by atoms with Crippen LogP contribution in [0.1, 0.15) is 16.8 Å². The van der Waals surface area contributed by atoms with Gasteiger partial charge >= 0.3 is 0 Å². The highest BCUT2D eigenvalue weighted by molar-refractivity contribution is 7.11. The van der Waals surface area contributed by atoms with Gasteiger partial charge in [-0.15, -0.1) is 11.3 Å². The van der Waals surface area contributed by atoms with Gasteiger partial charge in [0.25, 0.3) is 5.69 Å². The second kappa shape index (κ2) is 5.66. The first kappa shape index (κ1) is 13.3. The number of benzene rings is 1. The summed E-state index contributed by atoms with van der Waals surface area (Å²) in [5, 5.41) is 14.8. The quantitative estimate of drug-likeness (QED) is 0.498. The smallest absolute Gasteiger partial charge is 0.292 e. The summed E-state index contributed by atoms with van der Waals surface area (Å²) in [7, 11) is 0. The molecule has 1 aromatic carbocycles. The van der Waals surface area contributed by atoms with Crippen molar-refractivity contribution in [2.24, 2.45) is 0 Å². The number of anilines is 2. The number of thiazole rings is 1. The molecule has 0 saturated heterocycles. The second-order valence-corrected chi connectivity index (χ2v) is 5.16. The molecule has 0 saturated carbocycles. The Hall–Kier alpha value is -2.15. The predicted molar refractivity (Wildman–Crippen MR) is 76.3 cm³/mol. The summed E-state index contributed by atoms with van der Waals surface area (Å²) in [5.74, 6) is 0. The van der Waals surface area contributed by atoms with Crippen molar-refractivity contribution in [3.05, 3.63) is 44.4 Å². The minimum absolute atomic E-state index is 0.0759. The zero-order valence-corrected chi connectivity index (χ0v) is 11.2. The minimum atomic E-state index is -0.493. The lowest BCUT2D eigenvalue weighted by molar-refractivity contribution is -0.383. The number of nitro groups is 1. The monoisotopic (exact) mass is 278 g/mol. The SMILES string of the molecule is CCc1cnc(CNc2ccc([N+](=O)[O-])c(N)c2)s1. The number of hydrogen-bond donors (Lipinski definition) is 2. The van der Waals surface area contributed by atoms with Crippen LogP contribution in [0.4, 0.5) is 17.1 Å². The molecule has 0 fully saturated rings. The first-order chi connectivity index (χ1) is 9.10. The highest BCUT2D eigenvalue weighted by Gasteiger charge is 2.11. The molecule has 2 rings (SSSR count). The lowest BCUT2D eigenvalue weighted by Gasteiger charge is -2.05. The highest BCUT2D eigenvalue weighted by atomic mass is 32.1. The van der Waals surface area contributed by atoms with Crippen molar-refractivity contribution in [2.45, 2.75) is 19.9 Å². The van der Waals surface area contributed by atoms with E-state index in [1.807, 2.05) is 6.20 Å². The predicted octanol–water partition coefficient (Wildman–Crippen LogP) is 2.81. The molecule has 0 aliphatic heterocycles. The Bertz CT molecular complexity index is 597. The van der Waals surface area contributed by atoms with Crippen LogP contribution in [-0.4, -0.2) is 9.91 Å². The van der Waals surface area contributed by atoms with Gasteiger partial charge in [-0.3, -0.25) is 10.1 Å². The number of nitrogen functional groups attached to an aromatic ring is 1. The van der Waals surface area contributed by atoms with Crippen LogP contribution >= 0.6 is 11.3 Å². The van der Waals surface area contributed by atoms with Crippen LogP contribution in [0.3, 0.4) is 0 Å². The molecule has 6 nitrogen and oxygen atoms in total. The van der Waals surface area contributed by atoms with Crippen LogP contribution in [-0.2, 0) is 13.0 Å². The van der Waals surface area contributed by atoms with E-state index in [9.17, 15) is 10.1 Å². The average Bonchev–Trinajstić information content (AvgIpc) is 2.84. The first-order valence-corrected chi connectivity index (χ1v) is 6.63. The summed E-state index contributed by atoms with van der Waals surface area (Å²) in [4.78, 5) is 15.7. The molecule has 0 aliphatic rings. The van der Waals surface area contributed by atoms with Gasteiger partial charge in [-0.2, -0.15) is 0 Å². The van der Waals surface area contributed by atoms with Crippen molar-refractivity contribution < 1.29 is 4.92 Å². The molecule has 2 aromatic rings. The summed E-state index contributed by atoms with van der Waals surface area (Å²) in [5.41, 5.74) is 6.45. The molecular weight excluding hydrogens is 264 g/mol. The van der Waals surface area contributed by atoms with E-state index in [0.717, 1.165) is 17.1 Å². The molecule has 3 N–H and O–H groups in total. The molecule has 0 atom stereocenters. The Balaban J connectivity index is 2.03. The number of nitrogens with zero attached hydrogens (tertiary/aromatic N) is 2. The Kier molecular flexibility index (Phi) is 3.96. The third-order valence-corrected chi connectivity index (χ3v) is 3.76. The van der Waals surface area contributed by atoms with Gasteiger partial charge in [0.05, 0.1) is 11.5 Å². The summed E-state index contributed by atoms with van der Waals surface area (Å²) in [6, 6.07) is 4.60. The maximum Gasteiger partial charge on any atom is 0.292 e. The Morgan fingerprint density at radius 2 is 2.32 bits per heavy atom. The molecular formula is C12H14N4O2S. The van der Waals surface area contributed by atoms with Crippen LogP contribution < -0.4 is 11.1 Å². The highest BCUT2D eigenvalue weighted by Crippen LogP contribution is 2.25. The Morgan fingerprint density at radius 1 is 1.53 bits per heavy atom. The fourth-order valence-electron chi connectivity index (χ4n) is 1.60. The molecule has 1 heterocycles. The number of rotatable bonds is 5. The molecule has 1 aromatic heterocycles. The summed E-state index contributed by atoms with van der Waals surface area (Å²) in [6.07, 6.45) is 2.84. The lowest BCUT2D eigenvalue weighted by Crippen LogP contribution is -2.01. The summed E-state index contributed by atoms with van der Waals surface area (Å²) in [6.45, 7) is 2.67. The maximum atomic E-state index is 10.6. The molecule has 0 spiro atoms. The van der Waals surface area contributed by atoms with E-state index in [2.05, 4.69) is 17.2 Å². The van der Waals surface area contributed by atoms with Crippen molar-refractivity contribution in [3.8, 4) is 0 Å². The zero-order valence-electron chi connectivity index (χ0n) is 10.4. The molecule has 0 amide bonds. The number of nitrogens with one attached hydrogen (secondary N) is 1. The zero-order chi connectivity index (χ0) is 13.8. The van der Waals surface area contributed by atoms with E-state index < -0.39 is 4.92 Å². The lowest BCUT2D eigenvalue weighted by atomic mass is 10.2. The van der Waals surface area contributed by atoms with Crippen LogP contribution in [0.5, 0.6) is 0 Å². The summed E-state index contributed by atoms with van der Waals surface area (Å²) >= 11 is 1.65. The minimum Gasteiger partial charge on any atom is -0.393 e. The average molecular weight is 278 g/mol. The fourth-order valence-corrected chi connectivity index (χ4v) is 2.40. The van der Waals surface area contributed by atoms with Crippen molar-refractivity contribution in [1.29, 1.82) is 0 Å². The largest absolute Gasteiger partial charge is 0.393 e. The number of nitro benzene ring substituents is 1. The van der Waals surface area contributed by atoms with Gasteiger partial charge < -0.3 is 11.1 Å². The van der Waals surface area contributed by atoms with Crippen LogP contribution in [0.15, 0.2) is 24.4 Å². The maximum absolute atomic E-state index is 10.6. The third kappa shape index (κ3) is 3.19. The van der Waals surface area contributed by atoms with Gasteiger partial charge in [0, 0.05) is 22.8 Å². The summed E-state index contributed by atoms with van der Waals surface area (Å²) < 4.78 is 0. The van der Waals surface area contributed by atoms with Crippen molar-refractivity contribution >= 4 is 28.4 Å². The van der Waals surface area contributed by atoms with Crippen LogP contribution in [0.2, 0.25) is 0 Å². The van der Waals surface area contributed by atoms with E-state index >= 15 is 0 Å². The van der Waals surface area contributed by atoms with Gasteiger partial charge in [0.15, 0.2) is 0 Å². The van der Waals surface area contributed by atoms with Crippen LogP contribution in [0.25, 0.3) is 0 Å². The Labute approximate surface area is 114 Å². The third-order valence-electron chi connectivity index (χ3n) is 2.62. The van der Waals surface area contributed by atoms with E-state index in [0.29, 0.717) is 6.54 Å². The van der Waals surface area contributed by atoms with Crippen molar-refractivity contribution in [2.75, 3.05) is 11.1 Å². The van der Waals surface area contributed by atoms with Gasteiger partial charge in [0.1, 0.15) is 10.7 Å². The fraction of sp³-hybridized carbons (Fsp3) is 0.250. The van der Waals surface area contributed by atoms with E-state index in [1.165, 1.54) is 10.9 Å². The molecule has 19 heavy (non-hydrogen) atoms. The molecule has 0 unspecified atom stereocenters. The second-order valence-electron chi connectivity index (χ2n) is 3.96. The number of aromatic nitrogens is 1. The van der Waals surface area contributed by atoms with Crippen LogP contribution in [0, 0.1) is 10.1 Å². The van der Waals surface area contributed by atoms with E-state index in [-0.39, 0.29) is 11.4 Å². The molecule has 7 heteroatoms. The molecule has 0 aliphatic carbocycles. The van der Waals surface area contributed by atoms with Crippen molar-refractivity contribution in [1.82, 2.24) is 4.98 Å². The molecule has 0 radical (unpaired) electrons. The normalized spacial score (nSPS) is 10.4. The first-order valence-electron chi connectivity index (χ1n) is 5.81. The number of aryl methyl sites for hydroxylation is 1. The van der Waals surface area contributed by atoms with E-state index in [1.54, 1.807) is 23.5 Å².